The van der Waals surface area contributed by atoms with Crippen molar-refractivity contribution >= 4 is 28.2 Å². The molecule has 2 aliphatic rings. The third kappa shape index (κ3) is 4.36. The van der Waals surface area contributed by atoms with Crippen LogP contribution >= 0.6 is 0 Å². The van der Waals surface area contributed by atoms with Crippen LogP contribution in [0.2, 0.25) is 0 Å². The van der Waals surface area contributed by atoms with Gasteiger partial charge in [-0.25, -0.2) is 4.79 Å². The van der Waals surface area contributed by atoms with Crippen molar-refractivity contribution in [1.82, 2.24) is 4.57 Å². The molecule has 1 aromatic heterocycles. The summed E-state index contributed by atoms with van der Waals surface area (Å²) in [5.41, 5.74) is 6.17. The molecule has 1 aromatic carbocycles. The topological polar surface area (TPSA) is 48.3 Å². The van der Waals surface area contributed by atoms with Crippen molar-refractivity contribution in [3.05, 3.63) is 64.9 Å². The maximum atomic E-state index is 12.9. The van der Waals surface area contributed by atoms with Gasteiger partial charge in [-0.2, -0.15) is 0 Å². The van der Waals surface area contributed by atoms with Crippen molar-refractivity contribution < 1.29 is 14.3 Å². The number of esters is 1. The molecule has 2 aromatic rings. The molecule has 0 amide bonds. The number of hydrogen-bond acceptors (Lipinski definition) is 3. The molecule has 4 heteroatoms. The highest BCUT2D eigenvalue weighted by Gasteiger charge is 2.29. The van der Waals surface area contributed by atoms with E-state index in [0.29, 0.717) is 24.4 Å². The summed E-state index contributed by atoms with van der Waals surface area (Å²) in [7, 11) is 1.40. The molecule has 32 heavy (non-hydrogen) atoms. The summed E-state index contributed by atoms with van der Waals surface area (Å²) in [5, 5.41) is 1.14. The number of ether oxygens (including phenoxy) is 1. The van der Waals surface area contributed by atoms with Gasteiger partial charge in [-0.3, -0.25) is 4.79 Å². The van der Waals surface area contributed by atoms with E-state index in [4.69, 9.17) is 4.74 Å². The van der Waals surface area contributed by atoms with Gasteiger partial charge >= 0.3 is 5.97 Å². The molecule has 1 atom stereocenters. The van der Waals surface area contributed by atoms with Crippen molar-refractivity contribution in [3.63, 3.8) is 0 Å². The molecule has 0 spiro atoms. The maximum Gasteiger partial charge on any atom is 0.337 e. The lowest BCUT2D eigenvalue weighted by molar-refractivity contribution is -0.118. The number of fused-ring (bicyclic) bond motifs is 4. The summed E-state index contributed by atoms with van der Waals surface area (Å²) in [6.07, 6.45) is 13.1. The molecule has 0 saturated carbocycles. The highest BCUT2D eigenvalue weighted by molar-refractivity contribution is 6.01. The second kappa shape index (κ2) is 10.6. The Kier molecular flexibility index (Phi) is 7.89. The number of Topliss-reactive ketones (excluding diaryl/α,β-unsaturated/α-hetero) is 1. The fraction of sp³-hybridized carbons (Fsp3) is 0.429. The molecule has 0 fully saturated rings. The van der Waals surface area contributed by atoms with E-state index in [9.17, 15) is 9.59 Å². The van der Waals surface area contributed by atoms with Gasteiger partial charge in [0.15, 0.2) is 5.78 Å². The van der Waals surface area contributed by atoms with Crippen LogP contribution in [-0.2, 0) is 16.1 Å². The Morgan fingerprint density at radius 1 is 1.16 bits per heavy atom. The van der Waals surface area contributed by atoms with Crippen molar-refractivity contribution in [2.75, 3.05) is 7.11 Å². The number of allylic oxidation sites excluding steroid dienone is 6. The number of carbonyl (C=O) groups excluding carboxylic acids is 2. The number of carbonyl (C=O) groups is 2. The van der Waals surface area contributed by atoms with Crippen molar-refractivity contribution in [2.24, 2.45) is 0 Å². The normalized spacial score (nSPS) is 16.0. The van der Waals surface area contributed by atoms with Crippen LogP contribution in [-0.4, -0.2) is 23.4 Å². The quantitative estimate of drug-likeness (QED) is 0.477. The van der Waals surface area contributed by atoms with E-state index in [2.05, 4.69) is 42.7 Å². The largest absolute Gasteiger partial charge is 0.465 e. The van der Waals surface area contributed by atoms with E-state index in [-0.39, 0.29) is 11.8 Å². The van der Waals surface area contributed by atoms with Gasteiger partial charge in [0, 0.05) is 17.4 Å². The van der Waals surface area contributed by atoms with Gasteiger partial charge in [-0.1, -0.05) is 64.5 Å². The van der Waals surface area contributed by atoms with Gasteiger partial charge in [0.05, 0.1) is 30.4 Å². The summed E-state index contributed by atoms with van der Waals surface area (Å²) >= 11 is 0. The van der Waals surface area contributed by atoms with Crippen LogP contribution in [0.1, 0.15) is 87.3 Å². The monoisotopic (exact) mass is 433 g/mol. The molecule has 1 aliphatic heterocycles. The maximum absolute atomic E-state index is 12.9. The Morgan fingerprint density at radius 3 is 2.59 bits per heavy atom. The van der Waals surface area contributed by atoms with Gasteiger partial charge in [-0.05, 0) is 48.4 Å². The van der Waals surface area contributed by atoms with Crippen molar-refractivity contribution in [1.29, 1.82) is 0 Å². The van der Waals surface area contributed by atoms with E-state index < -0.39 is 0 Å². The van der Waals surface area contributed by atoms with Crippen LogP contribution in [0.15, 0.2) is 48.1 Å². The number of benzene rings is 1. The summed E-state index contributed by atoms with van der Waals surface area (Å²) < 4.78 is 7.09. The molecule has 1 unspecified atom stereocenters. The van der Waals surface area contributed by atoms with Gasteiger partial charge in [0.1, 0.15) is 0 Å². The summed E-state index contributed by atoms with van der Waals surface area (Å²) in [6, 6.07) is 5.77. The fourth-order valence-corrected chi connectivity index (χ4v) is 4.89. The first-order valence-corrected chi connectivity index (χ1v) is 11.9. The first-order chi connectivity index (χ1) is 15.6. The van der Waals surface area contributed by atoms with E-state index in [1.165, 1.54) is 12.7 Å². The predicted molar refractivity (Wildman–Crippen MR) is 132 cm³/mol. The van der Waals surface area contributed by atoms with Gasteiger partial charge < -0.3 is 9.30 Å². The molecule has 0 radical (unpaired) electrons. The smallest absolute Gasteiger partial charge is 0.337 e. The molecular formula is C28H35NO3. The van der Waals surface area contributed by atoms with E-state index in [0.717, 1.165) is 53.4 Å². The minimum Gasteiger partial charge on any atom is -0.465 e. The zero-order valence-electron chi connectivity index (χ0n) is 20.0. The van der Waals surface area contributed by atoms with Gasteiger partial charge in [0.2, 0.25) is 0 Å². The Labute approximate surface area is 191 Å². The first kappa shape index (κ1) is 23.8. The van der Waals surface area contributed by atoms with Crippen molar-refractivity contribution in [3.8, 4) is 0 Å². The zero-order valence-corrected chi connectivity index (χ0v) is 20.0. The average molecular weight is 434 g/mol. The minimum atomic E-state index is -0.355. The van der Waals surface area contributed by atoms with Crippen LogP contribution < -0.4 is 0 Å². The lowest BCUT2D eigenvalue weighted by atomic mass is 9.86. The Hall–Kier alpha value is -2.88. The Morgan fingerprint density at radius 2 is 1.91 bits per heavy atom. The predicted octanol–water partition coefficient (Wildman–Crippen LogP) is 6.99. The summed E-state index contributed by atoms with van der Waals surface area (Å²) in [6.45, 7) is 8.78. The zero-order chi connectivity index (χ0) is 23.3. The minimum absolute atomic E-state index is 0.191. The van der Waals surface area contributed by atoms with Gasteiger partial charge in [0.25, 0.3) is 0 Å². The molecule has 0 N–H and O–H groups in total. The summed E-state index contributed by atoms with van der Waals surface area (Å²) in [4.78, 5) is 25.1. The molecule has 1 aliphatic carbocycles. The molecule has 2 heterocycles. The lowest BCUT2D eigenvalue weighted by Crippen LogP contribution is -2.10. The second-order valence-corrected chi connectivity index (χ2v) is 8.16. The number of ketones is 1. The standard InChI is InChI=1S/C26H29NO3.C2H6/c1-4-9-17(5-2)24-22-13-12-19(26(29)30-3)15-23(22)27-16-20(28)14-18-10-7-6-8-11-21(18)25(24)27;1-2/h7-8,10-13,15,17H,4-6,9,14,16H2,1-3H3;1-2H3. The van der Waals surface area contributed by atoms with Crippen molar-refractivity contribution in [2.45, 2.75) is 72.3 Å². The van der Waals surface area contributed by atoms with Crippen LogP contribution in [0.5, 0.6) is 0 Å². The number of rotatable bonds is 5. The van der Waals surface area contributed by atoms with Gasteiger partial charge in [-0.15, -0.1) is 0 Å². The highest BCUT2D eigenvalue weighted by atomic mass is 16.5. The van der Waals surface area contributed by atoms with E-state index >= 15 is 0 Å². The van der Waals surface area contributed by atoms with Crippen LogP contribution in [0.25, 0.3) is 16.5 Å². The fourth-order valence-electron chi connectivity index (χ4n) is 4.89. The van der Waals surface area contributed by atoms with Crippen LogP contribution in [0, 0.1) is 0 Å². The molecule has 0 saturated heterocycles. The SMILES string of the molecule is CC.CCCC(CC)c1c2n(c3cc(C(=O)OC)ccc13)CC(=O)CC1=C2C=CCC=C1. The third-order valence-corrected chi connectivity index (χ3v) is 6.26. The Bertz CT molecular complexity index is 1100. The molecule has 4 rings (SSSR count). The van der Waals surface area contributed by atoms with E-state index in [1.807, 2.05) is 32.0 Å². The number of nitrogens with zero attached hydrogens (tertiary/aromatic N) is 1. The summed E-state index contributed by atoms with van der Waals surface area (Å²) in [5.74, 6) is 0.240. The molecule has 0 bridgehead atoms. The lowest BCUT2D eigenvalue weighted by Gasteiger charge is -2.18. The highest BCUT2D eigenvalue weighted by Crippen LogP contribution is 2.43. The Balaban J connectivity index is 0.00000141. The van der Waals surface area contributed by atoms with Crippen LogP contribution in [0.4, 0.5) is 0 Å². The second-order valence-electron chi connectivity index (χ2n) is 8.16. The molecule has 170 valence electrons. The number of aromatic nitrogens is 1. The van der Waals surface area contributed by atoms with Crippen LogP contribution in [0.3, 0.4) is 0 Å². The third-order valence-electron chi connectivity index (χ3n) is 6.26. The molecular weight excluding hydrogens is 398 g/mol. The van der Waals surface area contributed by atoms with E-state index in [1.54, 1.807) is 0 Å². The molecule has 4 nitrogen and oxygen atoms in total. The average Bonchev–Trinajstić information content (AvgIpc) is 2.93. The number of hydrogen-bond donors (Lipinski definition) is 0. The number of methoxy groups -OCH3 is 1. The first-order valence-electron chi connectivity index (χ1n) is 11.9.